The lowest BCUT2D eigenvalue weighted by Gasteiger charge is -2.14. The fraction of sp³-hybridized carbons (Fsp3) is 0.316. The van der Waals surface area contributed by atoms with Crippen LogP contribution in [-0.4, -0.2) is 40.7 Å². The van der Waals surface area contributed by atoms with Gasteiger partial charge >= 0.3 is 0 Å². The van der Waals surface area contributed by atoms with Gasteiger partial charge in [-0.1, -0.05) is 23.2 Å². The molecule has 0 bridgehead atoms. The van der Waals surface area contributed by atoms with Crippen molar-refractivity contribution in [2.75, 3.05) is 25.6 Å². The van der Waals surface area contributed by atoms with Gasteiger partial charge in [0.15, 0.2) is 0 Å². The molecule has 2 N–H and O–H groups in total. The monoisotopic (exact) mass is 458 g/mol. The molecule has 1 atom stereocenters. The Bertz CT molecular complexity index is 990. The summed E-state index contributed by atoms with van der Waals surface area (Å²) in [4.78, 5) is 12.4. The van der Waals surface area contributed by atoms with Crippen molar-refractivity contribution in [2.24, 2.45) is 0 Å². The van der Waals surface area contributed by atoms with Crippen LogP contribution in [0, 0.1) is 0 Å². The van der Waals surface area contributed by atoms with Gasteiger partial charge in [0.1, 0.15) is 10.6 Å². The Morgan fingerprint density at radius 2 is 1.93 bits per heavy atom. The first-order valence-corrected chi connectivity index (χ1v) is 11.1. The molecule has 0 saturated carbocycles. The summed E-state index contributed by atoms with van der Waals surface area (Å²) in [6, 6.07) is 9.09. The summed E-state index contributed by atoms with van der Waals surface area (Å²) in [5, 5.41) is 2.64. The van der Waals surface area contributed by atoms with Crippen molar-refractivity contribution >= 4 is 44.8 Å². The van der Waals surface area contributed by atoms with Crippen molar-refractivity contribution in [3.05, 3.63) is 52.0 Å². The second-order valence-electron chi connectivity index (χ2n) is 6.43. The largest absolute Gasteiger partial charge is 0.497 e. The van der Waals surface area contributed by atoms with E-state index in [1.807, 2.05) is 0 Å². The highest BCUT2D eigenvalue weighted by Gasteiger charge is 2.25. The summed E-state index contributed by atoms with van der Waals surface area (Å²) in [6.45, 7) is 0.748. The van der Waals surface area contributed by atoms with E-state index < -0.39 is 15.9 Å². The lowest BCUT2D eigenvalue weighted by molar-refractivity contribution is 0.102. The Morgan fingerprint density at radius 3 is 2.55 bits per heavy atom. The van der Waals surface area contributed by atoms with Crippen LogP contribution in [0.2, 0.25) is 10.0 Å². The molecule has 1 heterocycles. The highest BCUT2D eigenvalue weighted by molar-refractivity contribution is 7.89. The van der Waals surface area contributed by atoms with Crippen LogP contribution in [0.3, 0.4) is 0 Å². The molecule has 156 valence electrons. The van der Waals surface area contributed by atoms with E-state index in [2.05, 4.69) is 10.0 Å². The number of sulfonamides is 1. The van der Waals surface area contributed by atoms with Crippen LogP contribution < -0.4 is 14.8 Å². The van der Waals surface area contributed by atoms with Crippen LogP contribution in [0.5, 0.6) is 5.75 Å². The first kappa shape index (κ1) is 21.9. The summed E-state index contributed by atoms with van der Waals surface area (Å²) in [5.41, 5.74) is 0.493. The molecule has 0 radical (unpaired) electrons. The Balaban J connectivity index is 1.80. The van der Waals surface area contributed by atoms with Crippen LogP contribution in [0.25, 0.3) is 0 Å². The molecule has 7 nitrogen and oxygen atoms in total. The van der Waals surface area contributed by atoms with E-state index in [1.54, 1.807) is 24.3 Å². The van der Waals surface area contributed by atoms with Gasteiger partial charge in [0.25, 0.3) is 5.91 Å². The number of benzene rings is 2. The molecule has 0 spiro atoms. The predicted octanol–water partition coefficient (Wildman–Crippen LogP) is 3.71. The van der Waals surface area contributed by atoms with Crippen LogP contribution in [0.4, 0.5) is 5.69 Å². The Labute approximate surface area is 179 Å². The van der Waals surface area contributed by atoms with Crippen molar-refractivity contribution in [1.82, 2.24) is 4.72 Å². The SMILES string of the molecule is COc1ccc(NC(=O)c2cc(S(=O)(=O)NC[C@@H]3CCCO3)c(Cl)cc2Cl)cc1. The molecule has 0 aromatic heterocycles. The molecule has 3 rings (SSSR count). The summed E-state index contributed by atoms with van der Waals surface area (Å²) in [7, 11) is -2.41. The predicted molar refractivity (Wildman–Crippen MR) is 112 cm³/mol. The first-order chi connectivity index (χ1) is 13.8. The molecule has 1 amide bonds. The normalized spacial score (nSPS) is 16.6. The maximum Gasteiger partial charge on any atom is 0.257 e. The van der Waals surface area contributed by atoms with Gasteiger partial charge in [0.05, 0.1) is 28.8 Å². The van der Waals surface area contributed by atoms with E-state index in [-0.39, 0.29) is 33.2 Å². The summed E-state index contributed by atoms with van der Waals surface area (Å²) in [5.74, 6) is 0.0747. The standard InChI is InChI=1S/C19H20Cl2N2O5S/c1-27-13-6-4-12(5-7-13)23-19(24)15-9-18(17(21)10-16(15)20)29(25,26)22-11-14-3-2-8-28-14/h4-7,9-10,14,22H,2-3,8,11H2,1H3,(H,23,24)/t14-/m0/s1. The van der Waals surface area contributed by atoms with E-state index in [9.17, 15) is 13.2 Å². The van der Waals surface area contributed by atoms with Crippen molar-refractivity contribution in [2.45, 2.75) is 23.8 Å². The van der Waals surface area contributed by atoms with Crippen LogP contribution in [-0.2, 0) is 14.8 Å². The minimum atomic E-state index is -3.95. The third kappa shape index (κ3) is 5.40. The number of carbonyl (C=O) groups is 1. The molecule has 1 saturated heterocycles. The molecule has 2 aromatic carbocycles. The number of halogens is 2. The number of hydrogen-bond donors (Lipinski definition) is 2. The Hall–Kier alpha value is -1.84. The third-order valence-corrected chi connectivity index (χ3v) is 6.63. The number of hydrogen-bond acceptors (Lipinski definition) is 5. The Morgan fingerprint density at radius 1 is 1.21 bits per heavy atom. The third-order valence-electron chi connectivity index (χ3n) is 4.43. The zero-order chi connectivity index (χ0) is 21.0. The van der Waals surface area contributed by atoms with Crippen molar-refractivity contribution in [1.29, 1.82) is 0 Å². The molecule has 1 aliphatic rings. The minimum Gasteiger partial charge on any atom is -0.497 e. The average molecular weight is 459 g/mol. The van der Waals surface area contributed by atoms with Gasteiger partial charge in [0, 0.05) is 18.8 Å². The number of amides is 1. The zero-order valence-electron chi connectivity index (χ0n) is 15.6. The smallest absolute Gasteiger partial charge is 0.257 e. The van der Waals surface area contributed by atoms with E-state index in [1.165, 1.54) is 19.2 Å². The maximum absolute atomic E-state index is 12.7. The van der Waals surface area contributed by atoms with E-state index in [0.29, 0.717) is 18.0 Å². The highest BCUT2D eigenvalue weighted by Crippen LogP contribution is 2.29. The highest BCUT2D eigenvalue weighted by atomic mass is 35.5. The van der Waals surface area contributed by atoms with E-state index in [0.717, 1.165) is 12.8 Å². The molecular weight excluding hydrogens is 439 g/mol. The number of ether oxygens (including phenoxy) is 2. The number of rotatable bonds is 7. The second kappa shape index (κ2) is 9.32. The van der Waals surface area contributed by atoms with Crippen LogP contribution in [0.1, 0.15) is 23.2 Å². The maximum atomic E-state index is 12.7. The van der Waals surface area contributed by atoms with E-state index in [4.69, 9.17) is 32.7 Å². The molecule has 1 aliphatic heterocycles. The molecule has 0 unspecified atom stereocenters. The second-order valence-corrected chi connectivity index (χ2v) is 8.98. The number of methoxy groups -OCH3 is 1. The van der Waals surface area contributed by atoms with Crippen molar-refractivity contribution in [3.8, 4) is 5.75 Å². The van der Waals surface area contributed by atoms with Gasteiger partial charge in [-0.2, -0.15) is 0 Å². The average Bonchev–Trinajstić information content (AvgIpc) is 3.20. The summed E-state index contributed by atoms with van der Waals surface area (Å²) < 4.78 is 38.3. The molecule has 10 heteroatoms. The van der Waals surface area contributed by atoms with Crippen molar-refractivity contribution in [3.63, 3.8) is 0 Å². The van der Waals surface area contributed by atoms with Gasteiger partial charge in [-0.25, -0.2) is 13.1 Å². The number of nitrogens with one attached hydrogen (secondary N) is 2. The molecule has 2 aromatic rings. The quantitative estimate of drug-likeness (QED) is 0.659. The lowest BCUT2D eigenvalue weighted by Crippen LogP contribution is -2.32. The molecular formula is C19H20Cl2N2O5S. The molecule has 0 aliphatic carbocycles. The first-order valence-electron chi connectivity index (χ1n) is 8.86. The molecule has 1 fully saturated rings. The van der Waals surface area contributed by atoms with E-state index >= 15 is 0 Å². The Kier molecular flexibility index (Phi) is 7.02. The number of anilines is 1. The lowest BCUT2D eigenvalue weighted by atomic mass is 10.2. The van der Waals surface area contributed by atoms with Gasteiger partial charge in [-0.3, -0.25) is 4.79 Å². The zero-order valence-corrected chi connectivity index (χ0v) is 17.9. The molecule has 29 heavy (non-hydrogen) atoms. The van der Waals surface area contributed by atoms with Crippen LogP contribution >= 0.6 is 23.2 Å². The minimum absolute atomic E-state index is 0.00984. The number of carbonyl (C=O) groups excluding carboxylic acids is 1. The topological polar surface area (TPSA) is 93.7 Å². The van der Waals surface area contributed by atoms with Gasteiger partial charge in [-0.15, -0.1) is 0 Å². The van der Waals surface area contributed by atoms with Crippen LogP contribution in [0.15, 0.2) is 41.3 Å². The van der Waals surface area contributed by atoms with Gasteiger partial charge in [0.2, 0.25) is 10.0 Å². The fourth-order valence-corrected chi connectivity index (χ4v) is 4.79. The summed E-state index contributed by atoms with van der Waals surface area (Å²) in [6.07, 6.45) is 1.50. The van der Waals surface area contributed by atoms with Gasteiger partial charge in [-0.05, 0) is 49.2 Å². The van der Waals surface area contributed by atoms with Crippen molar-refractivity contribution < 1.29 is 22.7 Å². The fourth-order valence-electron chi connectivity index (χ4n) is 2.87. The van der Waals surface area contributed by atoms with Gasteiger partial charge < -0.3 is 14.8 Å². The summed E-state index contributed by atoms with van der Waals surface area (Å²) >= 11 is 12.2.